The number of halogens is 1. The maximum atomic E-state index is 13.0. The standard InChI is InChI=1S/C23H15ClN2O4S2/c24-17-5-3-6-19(13-17)25-22(27)21(32-23(25)31)12-16-4-1-2-7-20(16)30-14-15-8-10-18(11-9-15)26(28)29/h1-13H,14H2. The van der Waals surface area contributed by atoms with Crippen LogP contribution in [0, 0.1) is 10.1 Å². The van der Waals surface area contributed by atoms with Gasteiger partial charge in [-0.05, 0) is 48.0 Å². The number of nitro groups is 1. The predicted molar refractivity (Wildman–Crippen MR) is 131 cm³/mol. The molecule has 0 aromatic heterocycles. The molecule has 4 rings (SSSR count). The van der Waals surface area contributed by atoms with Gasteiger partial charge in [-0.25, -0.2) is 0 Å². The van der Waals surface area contributed by atoms with E-state index in [0.717, 1.165) is 11.1 Å². The number of rotatable bonds is 6. The summed E-state index contributed by atoms with van der Waals surface area (Å²) in [5, 5.41) is 11.3. The molecule has 0 radical (unpaired) electrons. The summed E-state index contributed by atoms with van der Waals surface area (Å²) in [4.78, 5) is 25.3. The Morgan fingerprint density at radius 2 is 1.84 bits per heavy atom. The van der Waals surface area contributed by atoms with Crippen molar-refractivity contribution in [1.29, 1.82) is 0 Å². The minimum Gasteiger partial charge on any atom is -0.488 e. The van der Waals surface area contributed by atoms with Gasteiger partial charge in [0.2, 0.25) is 0 Å². The number of nitrogens with zero attached hydrogens (tertiary/aromatic N) is 2. The van der Waals surface area contributed by atoms with E-state index in [-0.39, 0.29) is 18.2 Å². The van der Waals surface area contributed by atoms with Gasteiger partial charge in [0.25, 0.3) is 11.6 Å². The molecule has 6 nitrogen and oxygen atoms in total. The molecule has 32 heavy (non-hydrogen) atoms. The minimum atomic E-state index is -0.445. The molecule has 1 amide bonds. The van der Waals surface area contributed by atoms with Crippen LogP contribution in [0.15, 0.2) is 77.7 Å². The van der Waals surface area contributed by atoms with E-state index in [1.165, 1.54) is 28.8 Å². The lowest BCUT2D eigenvalue weighted by Gasteiger charge is -2.14. The smallest absolute Gasteiger partial charge is 0.270 e. The van der Waals surface area contributed by atoms with Gasteiger partial charge < -0.3 is 4.74 Å². The van der Waals surface area contributed by atoms with Crippen LogP contribution in [0.4, 0.5) is 11.4 Å². The van der Waals surface area contributed by atoms with E-state index in [1.54, 1.807) is 48.5 Å². The molecular formula is C23H15ClN2O4S2. The van der Waals surface area contributed by atoms with Gasteiger partial charge in [-0.1, -0.05) is 59.8 Å². The lowest BCUT2D eigenvalue weighted by atomic mass is 10.1. The van der Waals surface area contributed by atoms with Gasteiger partial charge in [-0.2, -0.15) is 0 Å². The average molecular weight is 483 g/mol. The zero-order chi connectivity index (χ0) is 22.7. The molecule has 9 heteroatoms. The maximum Gasteiger partial charge on any atom is 0.270 e. The van der Waals surface area contributed by atoms with E-state index in [0.29, 0.717) is 25.7 Å². The number of amides is 1. The van der Waals surface area contributed by atoms with Gasteiger partial charge in [0.1, 0.15) is 12.4 Å². The van der Waals surface area contributed by atoms with Gasteiger partial charge in [-0.3, -0.25) is 19.8 Å². The molecule has 0 bridgehead atoms. The average Bonchev–Trinajstić information content (AvgIpc) is 3.06. The Hall–Kier alpha value is -3.20. The highest BCUT2D eigenvalue weighted by atomic mass is 35.5. The molecule has 1 aliphatic heterocycles. The molecule has 3 aromatic carbocycles. The zero-order valence-electron chi connectivity index (χ0n) is 16.4. The van der Waals surface area contributed by atoms with Gasteiger partial charge in [0.15, 0.2) is 4.32 Å². The number of carbonyl (C=O) groups is 1. The molecule has 160 valence electrons. The lowest BCUT2D eigenvalue weighted by Crippen LogP contribution is -2.27. The first-order valence-corrected chi connectivity index (χ1v) is 11.0. The van der Waals surface area contributed by atoms with Gasteiger partial charge in [0.05, 0.1) is 15.5 Å². The van der Waals surface area contributed by atoms with Crippen LogP contribution >= 0.6 is 35.6 Å². The maximum absolute atomic E-state index is 13.0. The van der Waals surface area contributed by atoms with Crippen molar-refractivity contribution in [2.24, 2.45) is 0 Å². The lowest BCUT2D eigenvalue weighted by molar-refractivity contribution is -0.384. The van der Waals surface area contributed by atoms with Gasteiger partial charge >= 0.3 is 0 Å². The summed E-state index contributed by atoms with van der Waals surface area (Å²) in [6.45, 7) is 0.228. The Morgan fingerprint density at radius 3 is 2.56 bits per heavy atom. The zero-order valence-corrected chi connectivity index (χ0v) is 18.8. The summed E-state index contributed by atoms with van der Waals surface area (Å²) in [6.07, 6.45) is 1.75. The number of ether oxygens (including phenoxy) is 1. The minimum absolute atomic E-state index is 0.0240. The van der Waals surface area contributed by atoms with Gasteiger partial charge in [0, 0.05) is 22.7 Å². The third-order valence-electron chi connectivity index (χ3n) is 4.61. The normalized spacial score (nSPS) is 14.8. The number of benzene rings is 3. The fraction of sp³-hybridized carbons (Fsp3) is 0.0435. The Morgan fingerprint density at radius 1 is 1.09 bits per heavy atom. The molecule has 0 atom stereocenters. The third kappa shape index (κ3) is 4.83. The molecule has 1 aliphatic rings. The highest BCUT2D eigenvalue weighted by molar-refractivity contribution is 8.27. The third-order valence-corrected chi connectivity index (χ3v) is 6.14. The quantitative estimate of drug-likeness (QED) is 0.179. The molecule has 0 saturated carbocycles. The van der Waals surface area contributed by atoms with Crippen molar-refractivity contribution in [3.05, 3.63) is 104 Å². The molecule has 1 fully saturated rings. The van der Waals surface area contributed by atoms with Crippen LogP contribution in [0.2, 0.25) is 5.02 Å². The fourth-order valence-corrected chi connectivity index (χ4v) is 4.53. The number of nitro benzene ring substituents is 1. The molecule has 0 unspecified atom stereocenters. The summed E-state index contributed by atoms with van der Waals surface area (Å²) in [5.74, 6) is 0.353. The molecule has 0 N–H and O–H groups in total. The van der Waals surface area contributed by atoms with E-state index in [4.69, 9.17) is 28.6 Å². The molecule has 3 aromatic rings. The van der Waals surface area contributed by atoms with E-state index in [1.807, 2.05) is 18.2 Å². The van der Waals surface area contributed by atoms with Crippen LogP contribution in [0.25, 0.3) is 6.08 Å². The Balaban J connectivity index is 1.54. The van der Waals surface area contributed by atoms with E-state index < -0.39 is 4.92 Å². The van der Waals surface area contributed by atoms with Crippen molar-refractivity contribution in [2.75, 3.05) is 4.90 Å². The topological polar surface area (TPSA) is 72.7 Å². The molecule has 0 aliphatic carbocycles. The number of thiocarbonyl (C=S) groups is 1. The van der Waals surface area contributed by atoms with Crippen LogP contribution in [0.3, 0.4) is 0 Å². The number of non-ortho nitro benzene ring substituents is 1. The second-order valence-electron chi connectivity index (χ2n) is 6.75. The first-order valence-electron chi connectivity index (χ1n) is 9.41. The van der Waals surface area contributed by atoms with Crippen LogP contribution in [0.5, 0.6) is 5.75 Å². The van der Waals surface area contributed by atoms with Crippen LogP contribution in [0.1, 0.15) is 11.1 Å². The second kappa shape index (κ2) is 9.52. The summed E-state index contributed by atoms with van der Waals surface area (Å²) in [5.41, 5.74) is 2.15. The number of carbonyl (C=O) groups excluding carboxylic acids is 1. The van der Waals surface area contributed by atoms with E-state index >= 15 is 0 Å². The van der Waals surface area contributed by atoms with E-state index in [9.17, 15) is 14.9 Å². The van der Waals surface area contributed by atoms with Gasteiger partial charge in [-0.15, -0.1) is 0 Å². The Bertz CT molecular complexity index is 1240. The number of thioether (sulfide) groups is 1. The van der Waals surface area contributed by atoms with Crippen molar-refractivity contribution in [3.63, 3.8) is 0 Å². The first kappa shape index (κ1) is 22.0. The highest BCUT2D eigenvalue weighted by Crippen LogP contribution is 2.37. The summed E-state index contributed by atoms with van der Waals surface area (Å²) < 4.78 is 6.35. The van der Waals surface area contributed by atoms with Crippen LogP contribution in [-0.2, 0) is 11.4 Å². The summed E-state index contributed by atoms with van der Waals surface area (Å²) in [6, 6.07) is 20.5. The Kier molecular flexibility index (Phi) is 6.55. The fourth-order valence-electron chi connectivity index (χ4n) is 3.05. The van der Waals surface area contributed by atoms with Crippen molar-refractivity contribution in [2.45, 2.75) is 6.61 Å². The van der Waals surface area contributed by atoms with Crippen molar-refractivity contribution < 1.29 is 14.5 Å². The SMILES string of the molecule is O=C1C(=Cc2ccccc2OCc2ccc([N+](=O)[O-])cc2)SC(=S)N1c1cccc(Cl)c1. The monoisotopic (exact) mass is 482 g/mol. The van der Waals surface area contributed by atoms with Crippen molar-refractivity contribution >= 4 is 63.3 Å². The van der Waals surface area contributed by atoms with Crippen molar-refractivity contribution in [3.8, 4) is 5.75 Å². The van der Waals surface area contributed by atoms with Crippen LogP contribution < -0.4 is 9.64 Å². The number of hydrogen-bond donors (Lipinski definition) is 0. The van der Waals surface area contributed by atoms with E-state index in [2.05, 4.69) is 0 Å². The first-order chi connectivity index (χ1) is 15.4. The summed E-state index contributed by atoms with van der Waals surface area (Å²) in [7, 11) is 0. The predicted octanol–water partition coefficient (Wildman–Crippen LogP) is 6.23. The Labute approximate surface area is 198 Å². The highest BCUT2D eigenvalue weighted by Gasteiger charge is 2.33. The molecule has 1 saturated heterocycles. The molecule has 0 spiro atoms. The molecular weight excluding hydrogens is 468 g/mol. The summed E-state index contributed by atoms with van der Waals surface area (Å²) >= 11 is 12.7. The second-order valence-corrected chi connectivity index (χ2v) is 8.86. The van der Waals surface area contributed by atoms with Crippen LogP contribution in [-0.4, -0.2) is 15.2 Å². The number of anilines is 1. The molecule has 1 heterocycles. The number of hydrogen-bond acceptors (Lipinski definition) is 6. The van der Waals surface area contributed by atoms with Crippen molar-refractivity contribution in [1.82, 2.24) is 0 Å². The largest absolute Gasteiger partial charge is 0.488 e. The number of para-hydroxylation sites is 1.